The minimum Gasteiger partial charge on any atom is -0.456 e. The Morgan fingerprint density at radius 2 is 0.974 bits per heavy atom. The van der Waals surface area contributed by atoms with Gasteiger partial charge in [-0.3, -0.25) is 0 Å². The van der Waals surface area contributed by atoms with Crippen LogP contribution >= 0.6 is 0 Å². The second-order valence-corrected chi connectivity index (χ2v) is 9.15. The molecule has 1 nitrogen and oxygen atoms in total. The van der Waals surface area contributed by atoms with Crippen molar-refractivity contribution < 1.29 is 20.9 Å². The van der Waals surface area contributed by atoms with Crippen molar-refractivity contribution in [2.75, 3.05) is 0 Å². The zero-order valence-corrected chi connectivity index (χ0v) is 20.3. The highest BCUT2D eigenvalue weighted by molar-refractivity contribution is 6.23. The van der Waals surface area contributed by atoms with Gasteiger partial charge >= 0.3 is 0 Å². The average Bonchev–Trinajstić information content (AvgIpc) is 3.55. The lowest BCUT2D eigenvalue weighted by Crippen LogP contribution is -1.92. The molecule has 1 heterocycles. The van der Waals surface area contributed by atoms with Crippen LogP contribution in [-0.4, -0.2) is 0 Å². The van der Waals surface area contributed by atoms with E-state index in [4.69, 9.17) is 18.1 Å². The number of hydrogen-bond donors (Lipinski definition) is 0. The van der Waals surface area contributed by atoms with E-state index in [1.54, 1.807) is 12.1 Å². The molecule has 0 aliphatic carbocycles. The van der Waals surface area contributed by atoms with Crippen molar-refractivity contribution in [2.24, 2.45) is 0 Å². The molecular weight excluding hydrogens is 472 g/mol. The molecule has 39 heavy (non-hydrogen) atoms. The Labute approximate surface area is 243 Å². The van der Waals surface area contributed by atoms with Crippen LogP contribution in [0.25, 0.3) is 76.9 Å². The first-order chi connectivity index (χ1) is 24.4. The maximum Gasteiger partial charge on any atom is 0.135 e. The second kappa shape index (κ2) is 8.72. The summed E-state index contributed by atoms with van der Waals surface area (Å²) >= 11 is 0. The monoisotopic (exact) mass is 508 g/mol. The van der Waals surface area contributed by atoms with Crippen molar-refractivity contribution in [1.82, 2.24) is 0 Å². The van der Waals surface area contributed by atoms with Crippen molar-refractivity contribution in [3.05, 3.63) is 145 Å². The third-order valence-corrected chi connectivity index (χ3v) is 7.03. The van der Waals surface area contributed by atoms with Gasteiger partial charge in [-0.2, -0.15) is 0 Å². The van der Waals surface area contributed by atoms with Crippen molar-refractivity contribution in [2.45, 2.75) is 0 Å². The minimum absolute atomic E-state index is 0.0109. The van der Waals surface area contributed by atoms with E-state index >= 15 is 0 Å². The first-order valence-electron chi connectivity index (χ1n) is 18.4. The molecule has 0 spiro atoms. The summed E-state index contributed by atoms with van der Waals surface area (Å²) in [4.78, 5) is 0. The van der Waals surface area contributed by atoms with Crippen molar-refractivity contribution in [3.8, 4) is 33.4 Å². The lowest BCUT2D eigenvalue weighted by molar-refractivity contribution is 0.669. The van der Waals surface area contributed by atoms with Gasteiger partial charge in [0.2, 0.25) is 0 Å². The molecule has 0 atom stereocenters. The predicted octanol–water partition coefficient (Wildman–Crippen LogP) is 10.9. The van der Waals surface area contributed by atoms with Gasteiger partial charge in [-0.15, -0.1) is 0 Å². The number of rotatable bonds is 3. The Balaban J connectivity index is 1.54. The number of fused-ring (bicyclic) bond motifs is 5. The Bertz CT molecular complexity index is 2750. The quantitative estimate of drug-likeness (QED) is 0.216. The Kier molecular flexibility index (Phi) is 2.92. The topological polar surface area (TPSA) is 13.1 Å². The third-order valence-electron chi connectivity index (χ3n) is 7.03. The number of furan rings is 1. The molecule has 0 aliphatic rings. The summed E-state index contributed by atoms with van der Waals surface area (Å²) < 4.78 is 109. The van der Waals surface area contributed by atoms with E-state index in [1.807, 2.05) is 60.7 Å². The molecule has 0 unspecified atom stereocenters. The largest absolute Gasteiger partial charge is 0.456 e. The van der Waals surface area contributed by atoms with E-state index in [1.165, 1.54) is 0 Å². The molecule has 0 fully saturated rings. The van der Waals surface area contributed by atoms with Crippen LogP contribution in [0, 0.1) is 0 Å². The molecule has 7 aromatic carbocycles. The molecule has 1 aromatic heterocycles. The molecule has 8 aromatic rings. The van der Waals surface area contributed by atoms with E-state index in [2.05, 4.69) is 0 Å². The Hall–Kier alpha value is -5.14. The van der Waals surface area contributed by atoms with Crippen LogP contribution in [0.1, 0.15) is 16.4 Å². The fraction of sp³-hybridized carbons (Fsp3) is 0. The molecule has 1 heteroatoms. The first kappa shape index (κ1) is 13.1. The van der Waals surface area contributed by atoms with Crippen molar-refractivity contribution in [3.63, 3.8) is 0 Å². The Morgan fingerprint density at radius 3 is 1.69 bits per heavy atom. The highest BCUT2D eigenvalue weighted by Crippen LogP contribution is 2.46. The molecular formula is C38H24O. The van der Waals surface area contributed by atoms with Gasteiger partial charge in [0.25, 0.3) is 0 Å². The summed E-state index contributed by atoms with van der Waals surface area (Å²) in [5.41, 5.74) is 1.95. The highest BCUT2D eigenvalue weighted by atomic mass is 16.3. The molecule has 182 valence electrons. The number of benzene rings is 7. The summed E-state index contributed by atoms with van der Waals surface area (Å²) in [6, 6.07) is 17.0. The fourth-order valence-corrected chi connectivity index (χ4v) is 5.42. The van der Waals surface area contributed by atoms with Gasteiger partial charge in [0.15, 0.2) is 0 Å². The molecule has 0 bridgehead atoms. The van der Waals surface area contributed by atoms with Gasteiger partial charge in [0.05, 0.1) is 16.4 Å². The van der Waals surface area contributed by atoms with Gasteiger partial charge in [0.1, 0.15) is 11.2 Å². The van der Waals surface area contributed by atoms with Gasteiger partial charge in [-0.05, 0) is 73.1 Å². The number of hydrogen-bond acceptors (Lipinski definition) is 1. The van der Waals surface area contributed by atoms with E-state index in [-0.39, 0.29) is 63.3 Å². The minimum atomic E-state index is -0.507. The highest BCUT2D eigenvalue weighted by Gasteiger charge is 2.19. The smallest absolute Gasteiger partial charge is 0.135 e. The fourth-order valence-electron chi connectivity index (χ4n) is 5.42. The first-order valence-corrected chi connectivity index (χ1v) is 12.4. The van der Waals surface area contributed by atoms with Crippen LogP contribution in [0.2, 0.25) is 0 Å². The summed E-state index contributed by atoms with van der Waals surface area (Å²) in [5, 5.41) is 2.55. The van der Waals surface area contributed by atoms with Crippen LogP contribution in [-0.2, 0) is 0 Å². The Morgan fingerprint density at radius 1 is 0.410 bits per heavy atom. The van der Waals surface area contributed by atoms with E-state index in [0.29, 0.717) is 43.8 Å². The molecule has 0 saturated heterocycles. The zero-order valence-electron chi connectivity index (χ0n) is 32.3. The van der Waals surface area contributed by atoms with Crippen molar-refractivity contribution in [1.29, 1.82) is 0 Å². The number of para-hydroxylation sites is 1. The van der Waals surface area contributed by atoms with Gasteiger partial charge in [-0.25, -0.2) is 0 Å². The van der Waals surface area contributed by atoms with Crippen LogP contribution in [0.5, 0.6) is 0 Å². The molecule has 0 N–H and O–H groups in total. The van der Waals surface area contributed by atoms with Gasteiger partial charge < -0.3 is 4.42 Å². The SMILES string of the molecule is [2H]c1c([2H])c([2H])c(-c2ccccc2-c2c3ccccc3c(-c3c([2H])c([2H])c4oc5c([2H])c([2H])c([2H])c([2H])c5c4c3[2H])c3ccccc23)c([2H])c1[2H]. The lowest BCUT2D eigenvalue weighted by atomic mass is 9.83. The molecule has 0 amide bonds. The summed E-state index contributed by atoms with van der Waals surface area (Å²) in [6.07, 6.45) is 0. The van der Waals surface area contributed by atoms with Crippen LogP contribution in [0.3, 0.4) is 0 Å². The van der Waals surface area contributed by atoms with Crippen LogP contribution in [0.4, 0.5) is 0 Å². The maximum atomic E-state index is 9.52. The van der Waals surface area contributed by atoms with Crippen molar-refractivity contribution >= 4 is 43.5 Å². The van der Waals surface area contributed by atoms with Crippen LogP contribution < -0.4 is 0 Å². The lowest BCUT2D eigenvalue weighted by Gasteiger charge is -2.19. The summed E-state index contributed by atoms with van der Waals surface area (Å²) in [5.74, 6) is 0. The molecule has 0 radical (unpaired) electrons. The van der Waals surface area contributed by atoms with E-state index in [9.17, 15) is 2.74 Å². The van der Waals surface area contributed by atoms with Gasteiger partial charge in [-0.1, -0.05) is 127 Å². The van der Waals surface area contributed by atoms with Gasteiger partial charge in [0, 0.05) is 10.8 Å². The average molecular weight is 509 g/mol. The molecule has 0 aliphatic heterocycles. The summed E-state index contributed by atoms with van der Waals surface area (Å²) in [6.45, 7) is 0. The zero-order chi connectivity index (χ0) is 36.2. The maximum absolute atomic E-state index is 9.52. The summed E-state index contributed by atoms with van der Waals surface area (Å²) in [7, 11) is 0. The normalized spacial score (nSPS) is 15.9. The third kappa shape index (κ3) is 3.41. The second-order valence-electron chi connectivity index (χ2n) is 9.15. The molecule has 8 rings (SSSR count). The van der Waals surface area contributed by atoms with Crippen LogP contribution in [0.15, 0.2) is 150 Å². The standard InChI is InChI=1S/C38H24O/c1-2-12-25(13-3-1)27-14-4-5-16-29(27)38-32-19-8-6-17-30(32)37(31-18-7-9-20-33(31)38)26-22-23-36-34(24-26)28-15-10-11-21-35(28)39-36/h1-24H/i1D,2D,3D,10D,11D,12D,13D,15D,21D,22D,23D,24D. The van der Waals surface area contributed by atoms with E-state index in [0.717, 1.165) is 0 Å². The van der Waals surface area contributed by atoms with E-state index < -0.39 is 42.3 Å². The molecule has 0 saturated carbocycles. The predicted molar refractivity (Wildman–Crippen MR) is 165 cm³/mol.